The molecule has 1 rings (SSSR count). The second-order valence-corrected chi connectivity index (χ2v) is 6.50. The van der Waals surface area contributed by atoms with Crippen LogP contribution in [0.15, 0.2) is 24.3 Å². The standard InChI is InChI=1S/C12H14F3NO4S/c1-16(6-5-11(17)18)21(19,20)8-9-3-2-4-10(7-9)12(13,14)15/h2-4,7H,5-6,8H2,1H3,(H,17,18). The van der Waals surface area contributed by atoms with Crippen LogP contribution in [0.3, 0.4) is 0 Å². The van der Waals surface area contributed by atoms with Gasteiger partial charge in [0.25, 0.3) is 0 Å². The number of sulfonamides is 1. The molecule has 0 saturated carbocycles. The highest BCUT2D eigenvalue weighted by atomic mass is 32.2. The van der Waals surface area contributed by atoms with Gasteiger partial charge < -0.3 is 5.11 Å². The van der Waals surface area contributed by atoms with Crippen molar-refractivity contribution in [1.82, 2.24) is 4.31 Å². The van der Waals surface area contributed by atoms with Gasteiger partial charge in [-0.15, -0.1) is 0 Å². The summed E-state index contributed by atoms with van der Waals surface area (Å²) in [6, 6.07) is 4.02. The van der Waals surface area contributed by atoms with Gasteiger partial charge in [-0.25, -0.2) is 12.7 Å². The molecular weight excluding hydrogens is 311 g/mol. The second-order valence-electron chi connectivity index (χ2n) is 4.42. The highest BCUT2D eigenvalue weighted by molar-refractivity contribution is 7.88. The summed E-state index contributed by atoms with van der Waals surface area (Å²) < 4.78 is 62.3. The molecule has 0 fully saturated rings. The Kier molecular flexibility index (Phi) is 5.35. The van der Waals surface area contributed by atoms with Crippen molar-refractivity contribution in [2.45, 2.75) is 18.3 Å². The number of carboxylic acid groups (broad SMARTS) is 1. The molecule has 0 heterocycles. The van der Waals surface area contributed by atoms with E-state index in [1.807, 2.05) is 0 Å². The molecule has 0 atom stereocenters. The van der Waals surface area contributed by atoms with E-state index >= 15 is 0 Å². The van der Waals surface area contributed by atoms with Gasteiger partial charge in [0.1, 0.15) is 0 Å². The Morgan fingerprint density at radius 1 is 1.33 bits per heavy atom. The average molecular weight is 325 g/mol. The highest BCUT2D eigenvalue weighted by Crippen LogP contribution is 2.29. The van der Waals surface area contributed by atoms with Gasteiger partial charge in [0.05, 0.1) is 17.7 Å². The van der Waals surface area contributed by atoms with Crippen LogP contribution in [-0.4, -0.2) is 37.4 Å². The Morgan fingerprint density at radius 2 is 1.95 bits per heavy atom. The minimum atomic E-state index is -4.55. The smallest absolute Gasteiger partial charge is 0.416 e. The summed E-state index contributed by atoms with van der Waals surface area (Å²) in [5, 5.41) is 8.50. The van der Waals surface area contributed by atoms with E-state index in [-0.39, 0.29) is 18.5 Å². The Balaban J connectivity index is 2.87. The van der Waals surface area contributed by atoms with Gasteiger partial charge in [-0.1, -0.05) is 18.2 Å². The van der Waals surface area contributed by atoms with E-state index in [9.17, 15) is 26.4 Å². The molecule has 5 nitrogen and oxygen atoms in total. The van der Waals surface area contributed by atoms with Crippen LogP contribution in [0.25, 0.3) is 0 Å². The van der Waals surface area contributed by atoms with Crippen LogP contribution in [0.1, 0.15) is 17.5 Å². The van der Waals surface area contributed by atoms with E-state index < -0.39 is 33.5 Å². The van der Waals surface area contributed by atoms with Crippen molar-refractivity contribution in [2.24, 2.45) is 0 Å². The number of halogens is 3. The maximum Gasteiger partial charge on any atom is 0.416 e. The molecule has 1 aromatic carbocycles. The molecule has 0 aliphatic rings. The molecule has 1 N–H and O–H groups in total. The van der Waals surface area contributed by atoms with E-state index in [0.29, 0.717) is 0 Å². The van der Waals surface area contributed by atoms with Crippen molar-refractivity contribution < 1.29 is 31.5 Å². The maximum absolute atomic E-state index is 12.5. The first kappa shape index (κ1) is 17.4. The van der Waals surface area contributed by atoms with E-state index in [1.54, 1.807) is 0 Å². The van der Waals surface area contributed by atoms with Gasteiger partial charge in [0.15, 0.2) is 0 Å². The van der Waals surface area contributed by atoms with Crippen molar-refractivity contribution in [1.29, 1.82) is 0 Å². The minimum absolute atomic E-state index is 0.00741. The fourth-order valence-corrected chi connectivity index (χ4v) is 2.74. The molecule has 0 aliphatic carbocycles. The van der Waals surface area contributed by atoms with Crippen LogP contribution < -0.4 is 0 Å². The zero-order valence-electron chi connectivity index (χ0n) is 11.1. The summed E-state index contributed by atoms with van der Waals surface area (Å²) in [6.45, 7) is -0.239. The zero-order valence-corrected chi connectivity index (χ0v) is 11.9. The molecular formula is C12H14F3NO4S. The number of carbonyl (C=O) groups is 1. The van der Waals surface area contributed by atoms with Crippen LogP contribution in [0.2, 0.25) is 0 Å². The molecule has 0 spiro atoms. The maximum atomic E-state index is 12.5. The van der Waals surface area contributed by atoms with Crippen LogP contribution in [0.5, 0.6) is 0 Å². The molecule has 0 unspecified atom stereocenters. The predicted molar refractivity (Wildman–Crippen MR) is 69.0 cm³/mol. The molecule has 0 radical (unpaired) electrons. The van der Waals surface area contributed by atoms with Gasteiger partial charge in [0.2, 0.25) is 10.0 Å². The number of carboxylic acids is 1. The fourth-order valence-electron chi connectivity index (χ4n) is 1.55. The van der Waals surface area contributed by atoms with Crippen molar-refractivity contribution in [3.05, 3.63) is 35.4 Å². The molecule has 9 heteroatoms. The lowest BCUT2D eigenvalue weighted by atomic mass is 10.1. The van der Waals surface area contributed by atoms with Crippen molar-refractivity contribution in [3.8, 4) is 0 Å². The molecule has 1 aromatic rings. The quantitative estimate of drug-likeness (QED) is 0.867. The lowest BCUT2D eigenvalue weighted by Gasteiger charge is -2.16. The summed E-state index contributed by atoms with van der Waals surface area (Å²) in [5.41, 5.74) is -0.935. The number of hydrogen-bond acceptors (Lipinski definition) is 3. The summed E-state index contributed by atoms with van der Waals surface area (Å²) >= 11 is 0. The monoisotopic (exact) mass is 325 g/mol. The first-order valence-corrected chi connectivity index (χ1v) is 7.45. The van der Waals surface area contributed by atoms with E-state index in [2.05, 4.69) is 0 Å². The SMILES string of the molecule is CN(CCC(=O)O)S(=O)(=O)Cc1cccc(C(F)(F)F)c1. The minimum Gasteiger partial charge on any atom is -0.481 e. The Labute approximate surface area is 120 Å². The summed E-state index contributed by atoms with van der Waals surface area (Å²) in [4.78, 5) is 10.4. The molecule has 21 heavy (non-hydrogen) atoms. The largest absolute Gasteiger partial charge is 0.481 e. The third-order valence-electron chi connectivity index (χ3n) is 2.72. The van der Waals surface area contributed by atoms with E-state index in [0.717, 1.165) is 22.5 Å². The van der Waals surface area contributed by atoms with Gasteiger partial charge in [-0.3, -0.25) is 4.79 Å². The summed E-state index contributed by atoms with van der Waals surface area (Å²) in [5.74, 6) is -1.77. The molecule has 118 valence electrons. The van der Waals surface area contributed by atoms with Gasteiger partial charge in [-0.2, -0.15) is 13.2 Å². The van der Waals surface area contributed by atoms with Crippen molar-refractivity contribution >= 4 is 16.0 Å². The fraction of sp³-hybridized carbons (Fsp3) is 0.417. The highest BCUT2D eigenvalue weighted by Gasteiger charge is 2.31. The van der Waals surface area contributed by atoms with Gasteiger partial charge in [-0.05, 0) is 11.6 Å². The van der Waals surface area contributed by atoms with E-state index in [1.165, 1.54) is 13.1 Å². The molecule has 0 aromatic heterocycles. The zero-order chi connectivity index (χ0) is 16.3. The number of hydrogen-bond donors (Lipinski definition) is 1. The van der Waals surface area contributed by atoms with Crippen LogP contribution in [0.4, 0.5) is 13.2 Å². The molecule has 0 bridgehead atoms. The average Bonchev–Trinajstić information content (AvgIpc) is 2.34. The number of nitrogens with zero attached hydrogens (tertiary/aromatic N) is 1. The lowest BCUT2D eigenvalue weighted by Crippen LogP contribution is -2.30. The second kappa shape index (κ2) is 6.44. The van der Waals surface area contributed by atoms with Gasteiger partial charge >= 0.3 is 12.1 Å². The Hall–Kier alpha value is -1.61. The van der Waals surface area contributed by atoms with E-state index in [4.69, 9.17) is 5.11 Å². The van der Waals surface area contributed by atoms with Crippen LogP contribution in [0, 0.1) is 0 Å². The summed E-state index contributed by atoms with van der Waals surface area (Å²) in [7, 11) is -2.68. The van der Waals surface area contributed by atoms with Crippen molar-refractivity contribution in [2.75, 3.05) is 13.6 Å². The third kappa shape index (κ3) is 5.35. The lowest BCUT2D eigenvalue weighted by molar-refractivity contribution is -0.138. The third-order valence-corrected chi connectivity index (χ3v) is 4.55. The first-order valence-electron chi connectivity index (χ1n) is 5.84. The normalized spacial score (nSPS) is 12.6. The molecule has 0 saturated heterocycles. The van der Waals surface area contributed by atoms with Crippen LogP contribution in [-0.2, 0) is 26.7 Å². The Morgan fingerprint density at radius 3 is 2.48 bits per heavy atom. The molecule has 0 amide bonds. The first-order chi connectivity index (χ1) is 9.52. The predicted octanol–water partition coefficient (Wildman–Crippen LogP) is 1.94. The Bertz CT molecular complexity index is 613. The topological polar surface area (TPSA) is 74.7 Å². The number of benzene rings is 1. The van der Waals surface area contributed by atoms with Crippen LogP contribution >= 0.6 is 0 Å². The van der Waals surface area contributed by atoms with Gasteiger partial charge in [0, 0.05) is 13.6 Å². The molecule has 0 aliphatic heterocycles. The summed E-state index contributed by atoms with van der Waals surface area (Å²) in [6.07, 6.45) is -4.92. The number of aliphatic carboxylic acids is 1. The number of rotatable bonds is 6. The number of alkyl halides is 3. The van der Waals surface area contributed by atoms with Crippen molar-refractivity contribution in [3.63, 3.8) is 0 Å².